The zero-order valence-electron chi connectivity index (χ0n) is 60.9. The quantitative estimate of drug-likeness (QED) is 0.0222. The lowest BCUT2D eigenvalue weighted by Gasteiger charge is -2.21. The lowest BCUT2D eigenvalue weighted by Crippen LogP contribution is -2.30. The van der Waals surface area contributed by atoms with Crippen LogP contribution in [0.5, 0.6) is 0 Å². The average molecular weight is 1370 g/mol. The van der Waals surface area contributed by atoms with Crippen molar-refractivity contribution in [3.05, 3.63) is 0 Å². The SMILES string of the molecule is CC(C)CCCCCCCCCCCCCCCCC(=O)O[C@H](COC(=O)CCCCCCCCCC(C)C)COP(=O)(O)OCC(O)COP(=O)(O)OC[C@@H](COC(=O)CCCCCCCCCCCCCCCC(C)C)OC(=O)CCCCCCCCCC(C)C. The number of carbonyl (C=O) groups excluding carboxylic acids is 4. The molecule has 552 valence electrons. The van der Waals surface area contributed by atoms with Gasteiger partial charge in [0.1, 0.15) is 19.3 Å². The molecule has 0 aliphatic rings. The first-order valence-corrected chi connectivity index (χ1v) is 41.2. The van der Waals surface area contributed by atoms with E-state index in [1.165, 1.54) is 167 Å². The molecule has 0 aliphatic carbocycles. The fourth-order valence-electron chi connectivity index (χ4n) is 11.2. The zero-order chi connectivity index (χ0) is 68.9. The van der Waals surface area contributed by atoms with Gasteiger partial charge in [-0.1, -0.05) is 319 Å². The Bertz CT molecular complexity index is 1830. The van der Waals surface area contributed by atoms with Gasteiger partial charge in [-0.25, -0.2) is 9.13 Å². The minimum Gasteiger partial charge on any atom is -0.462 e. The fourth-order valence-corrected chi connectivity index (χ4v) is 12.8. The van der Waals surface area contributed by atoms with E-state index in [-0.39, 0.29) is 25.7 Å². The Morgan fingerprint density at radius 2 is 0.452 bits per heavy atom. The summed E-state index contributed by atoms with van der Waals surface area (Å²) >= 11 is 0. The highest BCUT2D eigenvalue weighted by Gasteiger charge is 2.30. The molecule has 19 heteroatoms. The van der Waals surface area contributed by atoms with Crippen LogP contribution in [0.2, 0.25) is 0 Å². The molecular weight excluding hydrogens is 1220 g/mol. The smallest absolute Gasteiger partial charge is 0.462 e. The normalized spacial score (nSPS) is 14.2. The van der Waals surface area contributed by atoms with Gasteiger partial charge >= 0.3 is 39.5 Å². The lowest BCUT2D eigenvalue weighted by atomic mass is 10.0. The van der Waals surface area contributed by atoms with Crippen molar-refractivity contribution in [3.63, 3.8) is 0 Å². The number of hydrogen-bond donors (Lipinski definition) is 3. The second-order valence-electron chi connectivity index (χ2n) is 28.6. The van der Waals surface area contributed by atoms with Gasteiger partial charge in [0.2, 0.25) is 0 Å². The minimum absolute atomic E-state index is 0.103. The van der Waals surface area contributed by atoms with E-state index >= 15 is 0 Å². The molecule has 17 nitrogen and oxygen atoms in total. The van der Waals surface area contributed by atoms with Crippen LogP contribution in [0.15, 0.2) is 0 Å². The van der Waals surface area contributed by atoms with Gasteiger partial charge < -0.3 is 33.8 Å². The Labute approximate surface area is 568 Å². The van der Waals surface area contributed by atoms with E-state index in [4.69, 9.17) is 37.0 Å². The molecule has 3 N–H and O–H groups in total. The maximum Gasteiger partial charge on any atom is 0.472 e. The monoisotopic (exact) mass is 1370 g/mol. The molecule has 0 aromatic heterocycles. The van der Waals surface area contributed by atoms with Crippen molar-refractivity contribution in [1.82, 2.24) is 0 Å². The maximum absolute atomic E-state index is 13.0. The second-order valence-corrected chi connectivity index (χ2v) is 31.5. The predicted molar refractivity (Wildman–Crippen MR) is 377 cm³/mol. The average Bonchev–Trinajstić information content (AvgIpc) is 2.04. The summed E-state index contributed by atoms with van der Waals surface area (Å²) < 4.78 is 68.4. The van der Waals surface area contributed by atoms with Gasteiger partial charge in [-0.05, 0) is 49.4 Å². The van der Waals surface area contributed by atoms with E-state index in [2.05, 4.69) is 55.4 Å². The minimum atomic E-state index is -4.95. The number of rotatable bonds is 71. The van der Waals surface area contributed by atoms with Crippen LogP contribution in [0.3, 0.4) is 0 Å². The summed E-state index contributed by atoms with van der Waals surface area (Å²) in [6, 6.07) is 0. The molecular formula is C74H144O17P2. The van der Waals surface area contributed by atoms with Crippen molar-refractivity contribution < 1.29 is 80.2 Å². The van der Waals surface area contributed by atoms with E-state index in [0.717, 1.165) is 108 Å². The van der Waals surface area contributed by atoms with E-state index in [0.29, 0.717) is 37.5 Å². The maximum atomic E-state index is 13.0. The summed E-state index contributed by atoms with van der Waals surface area (Å²) in [5, 5.41) is 10.6. The third kappa shape index (κ3) is 68.4. The van der Waals surface area contributed by atoms with E-state index in [1.54, 1.807) is 0 Å². The Balaban J connectivity index is 5.20. The fraction of sp³-hybridized carbons (Fsp3) is 0.946. The van der Waals surface area contributed by atoms with Crippen LogP contribution in [-0.4, -0.2) is 96.7 Å². The molecule has 0 rings (SSSR count). The van der Waals surface area contributed by atoms with Crippen LogP contribution in [0.4, 0.5) is 0 Å². The molecule has 0 saturated heterocycles. The Kier molecular flexibility index (Phi) is 62.2. The van der Waals surface area contributed by atoms with Crippen molar-refractivity contribution in [2.75, 3.05) is 39.6 Å². The molecule has 93 heavy (non-hydrogen) atoms. The summed E-state index contributed by atoms with van der Waals surface area (Å²) in [7, 11) is -9.91. The highest BCUT2D eigenvalue weighted by molar-refractivity contribution is 7.47. The largest absolute Gasteiger partial charge is 0.472 e. The summed E-state index contributed by atoms with van der Waals surface area (Å²) in [5.74, 6) is 0.861. The number of phosphoric acid groups is 2. The van der Waals surface area contributed by atoms with Crippen LogP contribution >= 0.6 is 15.6 Å². The summed E-state index contributed by atoms with van der Waals surface area (Å²) in [4.78, 5) is 72.7. The van der Waals surface area contributed by atoms with Crippen LogP contribution < -0.4 is 0 Å². The molecule has 0 spiro atoms. The number of esters is 4. The molecule has 5 atom stereocenters. The van der Waals surface area contributed by atoms with Crippen molar-refractivity contribution in [2.24, 2.45) is 23.7 Å². The van der Waals surface area contributed by atoms with Gasteiger partial charge in [0.15, 0.2) is 12.2 Å². The number of aliphatic hydroxyl groups is 1. The first-order chi connectivity index (χ1) is 44.6. The molecule has 0 fully saturated rings. The number of phosphoric ester groups is 2. The molecule has 3 unspecified atom stereocenters. The topological polar surface area (TPSA) is 237 Å². The summed E-state index contributed by atoms with van der Waals surface area (Å²) in [5.41, 5.74) is 0. The van der Waals surface area contributed by atoms with E-state index < -0.39 is 97.5 Å². The van der Waals surface area contributed by atoms with Crippen molar-refractivity contribution in [3.8, 4) is 0 Å². The van der Waals surface area contributed by atoms with Gasteiger partial charge in [-0.15, -0.1) is 0 Å². The highest BCUT2D eigenvalue weighted by atomic mass is 31.2. The first kappa shape index (κ1) is 91.1. The van der Waals surface area contributed by atoms with Crippen molar-refractivity contribution in [2.45, 2.75) is 388 Å². The molecule has 0 saturated carbocycles. The number of ether oxygens (including phenoxy) is 4. The number of carbonyl (C=O) groups is 4. The van der Waals surface area contributed by atoms with E-state index in [9.17, 15) is 43.2 Å². The lowest BCUT2D eigenvalue weighted by molar-refractivity contribution is -0.161. The highest BCUT2D eigenvalue weighted by Crippen LogP contribution is 2.45. The molecule has 0 heterocycles. The van der Waals surface area contributed by atoms with Crippen LogP contribution in [0.1, 0.15) is 370 Å². The van der Waals surface area contributed by atoms with E-state index in [1.807, 2.05) is 0 Å². The first-order valence-electron chi connectivity index (χ1n) is 38.2. The Morgan fingerprint density at radius 3 is 0.667 bits per heavy atom. The van der Waals surface area contributed by atoms with Gasteiger partial charge in [0.05, 0.1) is 26.4 Å². The van der Waals surface area contributed by atoms with Crippen molar-refractivity contribution in [1.29, 1.82) is 0 Å². The van der Waals surface area contributed by atoms with Crippen LogP contribution in [0.25, 0.3) is 0 Å². The predicted octanol–water partition coefficient (Wildman–Crippen LogP) is 21.3. The summed E-state index contributed by atoms with van der Waals surface area (Å²) in [6.07, 6.45) is 47.4. The van der Waals surface area contributed by atoms with Gasteiger partial charge in [0.25, 0.3) is 0 Å². The standard InChI is InChI=1S/C74H144O17P2/c1-64(2)50-42-34-26-20-16-12-9-10-14-19-23-31-40-48-56-73(78)90-69(61-85-72(77)55-47-39-32-24-28-36-44-52-66(5)6)62-88-92(80,81)86-58-68(75)59-87-93(82,83)89-63-70(91-74(79)57-49-41-33-25-29-37-45-53-67(7)8)60-84-71(76)54-46-38-30-22-18-15-11-13-17-21-27-35-43-51-65(3)4/h64-70,75H,9-63H2,1-8H3,(H,80,81)(H,82,83)/t68?,69-,70-/m1/s1. The number of unbranched alkanes of at least 4 members (excludes halogenated alkanes) is 37. The third-order valence-electron chi connectivity index (χ3n) is 17.1. The molecule has 0 bridgehead atoms. The van der Waals surface area contributed by atoms with Crippen LogP contribution in [-0.2, 0) is 65.4 Å². The Morgan fingerprint density at radius 1 is 0.269 bits per heavy atom. The zero-order valence-corrected chi connectivity index (χ0v) is 62.7. The van der Waals surface area contributed by atoms with Gasteiger partial charge in [-0.3, -0.25) is 37.3 Å². The molecule has 0 aromatic rings. The summed E-state index contributed by atoms with van der Waals surface area (Å²) in [6.45, 7) is 14.1. The Hall–Kier alpha value is -1.94. The number of hydrogen-bond acceptors (Lipinski definition) is 15. The molecule has 0 aromatic carbocycles. The van der Waals surface area contributed by atoms with Gasteiger partial charge in [0, 0.05) is 25.7 Å². The van der Waals surface area contributed by atoms with Crippen LogP contribution in [0, 0.1) is 23.7 Å². The second kappa shape index (κ2) is 63.5. The number of aliphatic hydroxyl groups excluding tert-OH is 1. The molecule has 0 aliphatic heterocycles. The molecule has 0 amide bonds. The van der Waals surface area contributed by atoms with Crippen molar-refractivity contribution >= 4 is 39.5 Å². The third-order valence-corrected chi connectivity index (χ3v) is 19.0. The van der Waals surface area contributed by atoms with Gasteiger partial charge in [-0.2, -0.15) is 0 Å². The molecule has 0 radical (unpaired) electrons.